The van der Waals surface area contributed by atoms with E-state index in [-0.39, 0.29) is 30.8 Å². The Balaban J connectivity index is 3.25. The van der Waals surface area contributed by atoms with E-state index in [1.165, 1.54) is 0 Å². The fourth-order valence-corrected chi connectivity index (χ4v) is 2.52. The third kappa shape index (κ3) is 23.3. The molecule has 0 aliphatic carbocycles. The van der Waals surface area contributed by atoms with Gasteiger partial charge in [0.1, 0.15) is 19.0 Å². The normalized spacial score (nSPS) is 10.8. The summed E-state index contributed by atoms with van der Waals surface area (Å²) in [6.07, 6.45) is 3.87. The van der Waals surface area contributed by atoms with Gasteiger partial charge in [-0.25, -0.2) is 0 Å². The molecule has 0 radical (unpaired) electrons. The Kier molecular flexibility index (Phi) is 22.5. The molecule has 2 amide bonds. The summed E-state index contributed by atoms with van der Waals surface area (Å²) >= 11 is 1.67. The smallest absolute Gasteiger partial charge is 0.246 e. The Hall–Kier alpha value is -1.24. The minimum Gasteiger partial charge on any atom is -0.379 e. The average Bonchev–Trinajstić information content (AvgIpc) is 2.77. The van der Waals surface area contributed by atoms with Crippen LogP contribution in [0, 0.1) is 0 Å². The van der Waals surface area contributed by atoms with Crippen molar-refractivity contribution in [2.45, 2.75) is 19.3 Å². The molecule has 0 saturated heterocycles. The molecule has 0 rings (SSSR count). The average molecular weight is 467 g/mol. The first-order valence-corrected chi connectivity index (χ1v) is 11.9. The van der Waals surface area contributed by atoms with Crippen LogP contribution in [0.3, 0.4) is 0 Å². The summed E-state index contributed by atoms with van der Waals surface area (Å²) in [5, 5.41) is 5.15. The van der Waals surface area contributed by atoms with Crippen LogP contribution >= 0.6 is 11.8 Å². The Bertz CT molecular complexity index is 468. The predicted molar refractivity (Wildman–Crippen MR) is 118 cm³/mol. The third-order valence-electron chi connectivity index (χ3n) is 3.76. The molecule has 0 bridgehead atoms. The van der Waals surface area contributed by atoms with Crippen molar-refractivity contribution in [1.29, 1.82) is 0 Å². The van der Waals surface area contributed by atoms with Crippen molar-refractivity contribution in [2.24, 2.45) is 0 Å². The Morgan fingerprint density at radius 1 is 0.710 bits per heavy atom. The fraction of sp³-hybridized carbons (Fsp3) is 0.850. The van der Waals surface area contributed by atoms with E-state index in [1.54, 1.807) is 18.8 Å². The molecule has 2 N–H and O–H groups in total. The number of thioether (sulfide) groups is 1. The van der Waals surface area contributed by atoms with E-state index in [4.69, 9.17) is 23.7 Å². The molecule has 0 unspecified atom stereocenters. The van der Waals surface area contributed by atoms with Gasteiger partial charge in [0.05, 0.1) is 46.2 Å². The molecular weight excluding hydrogens is 428 g/mol. The van der Waals surface area contributed by atoms with Crippen molar-refractivity contribution < 1.29 is 38.1 Å². The lowest BCUT2D eigenvalue weighted by atomic mass is 10.2. The second-order valence-corrected chi connectivity index (χ2v) is 7.34. The number of ketones is 1. The summed E-state index contributed by atoms with van der Waals surface area (Å²) in [4.78, 5) is 34.0. The quantitative estimate of drug-likeness (QED) is 0.201. The van der Waals surface area contributed by atoms with Gasteiger partial charge in [0.15, 0.2) is 0 Å². The Morgan fingerprint density at radius 3 is 1.87 bits per heavy atom. The summed E-state index contributed by atoms with van der Waals surface area (Å²) in [6, 6.07) is 0. The van der Waals surface area contributed by atoms with Crippen LogP contribution < -0.4 is 10.6 Å². The predicted octanol–water partition coefficient (Wildman–Crippen LogP) is 0.0340. The van der Waals surface area contributed by atoms with Crippen LogP contribution in [0.1, 0.15) is 19.3 Å². The maximum atomic E-state index is 11.6. The second kappa shape index (κ2) is 23.4. The number of ether oxygens (including phenoxy) is 5. The maximum Gasteiger partial charge on any atom is 0.246 e. The minimum absolute atomic E-state index is 0.0214. The Morgan fingerprint density at radius 2 is 1.26 bits per heavy atom. The monoisotopic (exact) mass is 466 g/mol. The van der Waals surface area contributed by atoms with E-state index in [0.29, 0.717) is 78.7 Å². The first-order chi connectivity index (χ1) is 15.1. The number of rotatable bonds is 23. The van der Waals surface area contributed by atoms with Crippen molar-refractivity contribution in [2.75, 3.05) is 91.7 Å². The number of carbonyl (C=O) groups is 3. The molecule has 0 aromatic rings. The zero-order valence-electron chi connectivity index (χ0n) is 18.8. The van der Waals surface area contributed by atoms with E-state index in [2.05, 4.69) is 10.6 Å². The number of Topliss-reactive ketones (excluding diaryl/α,β-unsaturated/α-hetero) is 1. The number of amides is 2. The van der Waals surface area contributed by atoms with Gasteiger partial charge in [-0.05, 0) is 18.4 Å². The molecule has 0 aliphatic heterocycles. The van der Waals surface area contributed by atoms with Crippen LogP contribution in [0.15, 0.2) is 0 Å². The molecule has 0 aliphatic rings. The van der Waals surface area contributed by atoms with Crippen LogP contribution in [0.2, 0.25) is 0 Å². The topological polar surface area (TPSA) is 121 Å². The lowest BCUT2D eigenvalue weighted by Crippen LogP contribution is -2.31. The van der Waals surface area contributed by atoms with Gasteiger partial charge in [-0.3, -0.25) is 14.4 Å². The molecule has 31 heavy (non-hydrogen) atoms. The lowest BCUT2D eigenvalue weighted by Gasteiger charge is -2.08. The molecular formula is C20H38N2O8S. The van der Waals surface area contributed by atoms with E-state index in [9.17, 15) is 14.4 Å². The molecule has 0 atom stereocenters. The minimum atomic E-state index is -0.215. The highest BCUT2D eigenvalue weighted by Gasteiger charge is 2.03. The number of carbonyl (C=O) groups excluding carboxylic acids is 3. The summed E-state index contributed by atoms with van der Waals surface area (Å²) in [6.45, 7) is 3.53. The SMILES string of the molecule is CNC(=O)COCCOCCOCCNC(=O)COCCOCCCC(=O)CCSC. The highest BCUT2D eigenvalue weighted by molar-refractivity contribution is 7.98. The van der Waals surface area contributed by atoms with E-state index in [1.807, 2.05) is 6.26 Å². The lowest BCUT2D eigenvalue weighted by molar-refractivity contribution is -0.126. The van der Waals surface area contributed by atoms with Gasteiger partial charge >= 0.3 is 0 Å². The third-order valence-corrected chi connectivity index (χ3v) is 4.37. The van der Waals surface area contributed by atoms with E-state index < -0.39 is 0 Å². The zero-order chi connectivity index (χ0) is 23.0. The molecule has 11 heteroatoms. The zero-order valence-corrected chi connectivity index (χ0v) is 19.6. The van der Waals surface area contributed by atoms with Gasteiger partial charge in [-0.2, -0.15) is 11.8 Å². The van der Waals surface area contributed by atoms with Gasteiger partial charge in [0.25, 0.3) is 0 Å². The van der Waals surface area contributed by atoms with Crippen LogP contribution in [0.25, 0.3) is 0 Å². The van der Waals surface area contributed by atoms with Gasteiger partial charge in [0.2, 0.25) is 11.8 Å². The first-order valence-electron chi connectivity index (χ1n) is 10.5. The van der Waals surface area contributed by atoms with Gasteiger partial charge < -0.3 is 34.3 Å². The van der Waals surface area contributed by atoms with Crippen molar-refractivity contribution in [3.8, 4) is 0 Å². The molecule has 0 fully saturated rings. The molecule has 0 heterocycles. The standard InChI is InChI=1S/C20H38N2O8S/c1-21-19(24)16-29-14-12-28-10-9-27-8-6-22-20(25)17-30-13-11-26-7-3-4-18(23)5-15-31-2/h3-17H2,1-2H3,(H,21,24)(H,22,25). The van der Waals surface area contributed by atoms with Gasteiger partial charge in [-0.1, -0.05) is 0 Å². The molecule has 10 nitrogen and oxygen atoms in total. The molecule has 0 spiro atoms. The van der Waals surface area contributed by atoms with Crippen LogP contribution in [-0.2, 0) is 38.1 Å². The van der Waals surface area contributed by atoms with Crippen molar-refractivity contribution in [3.05, 3.63) is 0 Å². The van der Waals surface area contributed by atoms with Gasteiger partial charge in [0, 0.05) is 33.0 Å². The summed E-state index contributed by atoms with van der Waals surface area (Å²) in [5.41, 5.74) is 0. The number of nitrogens with one attached hydrogen (secondary N) is 2. The first kappa shape index (κ1) is 29.8. The summed E-state index contributed by atoms with van der Waals surface area (Å²) < 4.78 is 26.3. The van der Waals surface area contributed by atoms with Crippen molar-refractivity contribution in [1.82, 2.24) is 10.6 Å². The van der Waals surface area contributed by atoms with Crippen LogP contribution in [-0.4, -0.2) is 109 Å². The number of hydrogen-bond acceptors (Lipinski definition) is 9. The van der Waals surface area contributed by atoms with Gasteiger partial charge in [-0.15, -0.1) is 0 Å². The molecule has 0 saturated carbocycles. The van der Waals surface area contributed by atoms with E-state index >= 15 is 0 Å². The van der Waals surface area contributed by atoms with E-state index in [0.717, 1.165) is 5.75 Å². The molecule has 0 aromatic carbocycles. The van der Waals surface area contributed by atoms with Crippen molar-refractivity contribution >= 4 is 29.4 Å². The molecule has 0 aromatic heterocycles. The molecule has 182 valence electrons. The second-order valence-electron chi connectivity index (χ2n) is 6.35. The highest BCUT2D eigenvalue weighted by atomic mass is 32.2. The number of likely N-dealkylation sites (N-methyl/N-ethyl adjacent to an activating group) is 1. The maximum absolute atomic E-state index is 11.6. The van der Waals surface area contributed by atoms with Crippen molar-refractivity contribution in [3.63, 3.8) is 0 Å². The number of hydrogen-bond donors (Lipinski definition) is 2. The highest BCUT2D eigenvalue weighted by Crippen LogP contribution is 2.01. The summed E-state index contributed by atoms with van der Waals surface area (Å²) in [7, 11) is 1.55. The van der Waals surface area contributed by atoms with Crippen LogP contribution in [0.5, 0.6) is 0 Å². The fourth-order valence-electron chi connectivity index (χ4n) is 2.09. The van der Waals surface area contributed by atoms with Crippen LogP contribution in [0.4, 0.5) is 0 Å². The summed E-state index contributed by atoms with van der Waals surface area (Å²) in [5.74, 6) is 0.749. The Labute approximate surface area is 189 Å². The largest absolute Gasteiger partial charge is 0.379 e.